The molecule has 1 aliphatic carbocycles. The molecule has 1 rings (SSSR count). The van der Waals surface area contributed by atoms with Crippen molar-refractivity contribution in [3.8, 4) is 0 Å². The maximum atomic E-state index is 2.54. The molecule has 0 aromatic carbocycles. The molecular weight excluding hydrogens is 228 g/mol. The van der Waals surface area contributed by atoms with Crippen LogP contribution in [0.1, 0.15) is 109 Å². The highest BCUT2D eigenvalue weighted by molar-refractivity contribution is 4.66. The Bertz CT molecular complexity index is 80.7. The third-order valence-corrected chi connectivity index (χ3v) is 4.38. The fourth-order valence-electron chi connectivity index (χ4n) is 3.03. The van der Waals surface area contributed by atoms with Crippen LogP contribution in [0.5, 0.6) is 0 Å². The minimum absolute atomic E-state index is 1.37. The average molecular weight is 264 g/mol. The quantitative estimate of drug-likeness (QED) is 0.440. The van der Waals surface area contributed by atoms with Crippen molar-refractivity contribution in [2.45, 2.75) is 109 Å². The van der Waals surface area contributed by atoms with Gasteiger partial charge in [0, 0.05) is 0 Å². The smallest absolute Gasteiger partial charge is 0.0386 e. The summed E-state index contributed by atoms with van der Waals surface area (Å²) in [7, 11) is 0. The first-order valence-electron chi connectivity index (χ1n) is 9.13. The second-order valence-corrected chi connectivity index (χ2v) is 6.33. The predicted octanol–water partition coefficient (Wildman–Crippen LogP) is 7.04. The molecule has 0 heterocycles. The van der Waals surface area contributed by atoms with Crippen molar-refractivity contribution in [2.75, 3.05) is 0 Å². The zero-order chi connectivity index (χ0) is 13.4. The first-order chi connectivity index (χ1) is 9.50. The van der Waals surface area contributed by atoms with Crippen molar-refractivity contribution in [3.63, 3.8) is 0 Å². The lowest BCUT2D eigenvalue weighted by atomic mass is 10.0. The Balaban J connectivity index is 2.01. The molecule has 0 unspecified atom stereocenters. The van der Waals surface area contributed by atoms with Gasteiger partial charge in [0.15, 0.2) is 0 Å². The first kappa shape index (κ1) is 17.1. The minimum atomic E-state index is 1.37. The standard InChI is InChI=1S/C19H36/c1-2-4-6-8-10-12-14-16-18-19-17-15-13-11-9-7-5-3-1/h1,18H,2-17,19H2. The number of rotatable bonds is 0. The van der Waals surface area contributed by atoms with Gasteiger partial charge in [-0.1, -0.05) is 109 Å². The molecule has 1 aliphatic rings. The van der Waals surface area contributed by atoms with E-state index in [0.717, 1.165) is 0 Å². The van der Waals surface area contributed by atoms with Gasteiger partial charge in [-0.05, 0) is 12.8 Å². The largest absolute Gasteiger partial charge is 0.0533 e. The molecule has 0 aromatic heterocycles. The molecule has 0 saturated heterocycles. The topological polar surface area (TPSA) is 0 Å². The van der Waals surface area contributed by atoms with Gasteiger partial charge in [-0.2, -0.15) is 0 Å². The second-order valence-electron chi connectivity index (χ2n) is 6.33. The van der Waals surface area contributed by atoms with E-state index < -0.39 is 0 Å². The summed E-state index contributed by atoms with van der Waals surface area (Å²) in [5.74, 6) is 0. The zero-order valence-electron chi connectivity index (χ0n) is 13.2. The van der Waals surface area contributed by atoms with E-state index in [0.29, 0.717) is 0 Å². The van der Waals surface area contributed by atoms with Gasteiger partial charge in [-0.25, -0.2) is 0 Å². The van der Waals surface area contributed by atoms with E-state index in [1.165, 1.54) is 109 Å². The van der Waals surface area contributed by atoms with Gasteiger partial charge in [0.2, 0.25) is 0 Å². The molecule has 0 atom stereocenters. The Morgan fingerprint density at radius 1 is 0.263 bits per heavy atom. The summed E-state index contributed by atoms with van der Waals surface area (Å²) in [6, 6.07) is 0. The molecule has 1 saturated carbocycles. The Morgan fingerprint density at radius 2 is 0.474 bits per heavy atom. The monoisotopic (exact) mass is 264 g/mol. The maximum Gasteiger partial charge on any atom is -0.0386 e. The molecule has 2 radical (unpaired) electrons. The third-order valence-electron chi connectivity index (χ3n) is 4.38. The predicted molar refractivity (Wildman–Crippen MR) is 87.1 cm³/mol. The Kier molecular flexibility index (Phi) is 12.9. The van der Waals surface area contributed by atoms with E-state index >= 15 is 0 Å². The molecule has 1 fully saturated rings. The summed E-state index contributed by atoms with van der Waals surface area (Å²) < 4.78 is 0. The van der Waals surface area contributed by atoms with Crippen LogP contribution in [0.3, 0.4) is 0 Å². The highest BCUT2D eigenvalue weighted by atomic mass is 14.0. The van der Waals surface area contributed by atoms with Crippen molar-refractivity contribution in [2.24, 2.45) is 0 Å². The molecule has 0 aliphatic heterocycles. The van der Waals surface area contributed by atoms with E-state index in [-0.39, 0.29) is 0 Å². The van der Waals surface area contributed by atoms with Gasteiger partial charge in [0.05, 0.1) is 0 Å². The van der Waals surface area contributed by atoms with E-state index in [1.54, 1.807) is 0 Å². The average Bonchev–Trinajstić information content (AvgIpc) is 2.43. The van der Waals surface area contributed by atoms with Crippen molar-refractivity contribution < 1.29 is 0 Å². The van der Waals surface area contributed by atoms with Crippen LogP contribution < -0.4 is 0 Å². The Labute approximate surface area is 122 Å². The van der Waals surface area contributed by atoms with Crippen LogP contribution >= 0.6 is 0 Å². The summed E-state index contributed by atoms with van der Waals surface area (Å²) in [6.07, 6.45) is 29.5. The molecule has 19 heavy (non-hydrogen) atoms. The van der Waals surface area contributed by atoms with Crippen LogP contribution in [0.25, 0.3) is 0 Å². The first-order valence-corrected chi connectivity index (χ1v) is 9.13. The zero-order valence-corrected chi connectivity index (χ0v) is 13.2. The van der Waals surface area contributed by atoms with Gasteiger partial charge in [-0.3, -0.25) is 0 Å². The lowest BCUT2D eigenvalue weighted by Gasteiger charge is -2.02. The van der Waals surface area contributed by atoms with E-state index in [9.17, 15) is 0 Å². The van der Waals surface area contributed by atoms with Crippen LogP contribution in [0.15, 0.2) is 0 Å². The lowest BCUT2D eigenvalue weighted by Crippen LogP contribution is -1.84. The van der Waals surface area contributed by atoms with E-state index in [2.05, 4.69) is 12.8 Å². The van der Waals surface area contributed by atoms with Gasteiger partial charge in [-0.15, -0.1) is 0 Å². The normalized spacial score (nSPS) is 24.0. The SMILES string of the molecule is [CH]1CCCCCCCC[CH]CCCCCCCCC1. The Morgan fingerprint density at radius 3 is 0.737 bits per heavy atom. The van der Waals surface area contributed by atoms with E-state index in [1.807, 2.05) is 0 Å². The molecule has 0 heteroatoms. The molecule has 0 spiro atoms. The van der Waals surface area contributed by atoms with E-state index in [4.69, 9.17) is 0 Å². The molecule has 112 valence electrons. The van der Waals surface area contributed by atoms with Crippen molar-refractivity contribution in [3.05, 3.63) is 12.8 Å². The molecule has 0 aromatic rings. The highest BCUT2D eigenvalue weighted by Crippen LogP contribution is 2.15. The summed E-state index contributed by atoms with van der Waals surface area (Å²) in [6.45, 7) is 0. The fraction of sp³-hybridized carbons (Fsp3) is 0.895. The van der Waals surface area contributed by atoms with Crippen LogP contribution in [0.4, 0.5) is 0 Å². The Hall–Kier alpha value is 0. The van der Waals surface area contributed by atoms with Crippen LogP contribution in [-0.2, 0) is 0 Å². The maximum absolute atomic E-state index is 2.54. The molecule has 0 bridgehead atoms. The molecule has 0 N–H and O–H groups in total. The van der Waals surface area contributed by atoms with Gasteiger partial charge < -0.3 is 0 Å². The number of hydrogen-bond donors (Lipinski definition) is 0. The highest BCUT2D eigenvalue weighted by Gasteiger charge is 1.96. The van der Waals surface area contributed by atoms with Gasteiger partial charge in [0.25, 0.3) is 0 Å². The molecule has 0 amide bonds. The summed E-state index contributed by atoms with van der Waals surface area (Å²) in [5.41, 5.74) is 0. The van der Waals surface area contributed by atoms with Gasteiger partial charge in [0.1, 0.15) is 0 Å². The fourth-order valence-corrected chi connectivity index (χ4v) is 3.03. The number of hydrogen-bond acceptors (Lipinski definition) is 0. The lowest BCUT2D eigenvalue weighted by molar-refractivity contribution is 0.569. The van der Waals surface area contributed by atoms with Crippen LogP contribution in [0.2, 0.25) is 0 Å². The van der Waals surface area contributed by atoms with Crippen LogP contribution in [0, 0.1) is 12.8 Å². The van der Waals surface area contributed by atoms with Crippen LogP contribution in [-0.4, -0.2) is 0 Å². The summed E-state index contributed by atoms with van der Waals surface area (Å²) in [4.78, 5) is 0. The summed E-state index contributed by atoms with van der Waals surface area (Å²) in [5, 5.41) is 0. The van der Waals surface area contributed by atoms with Gasteiger partial charge >= 0.3 is 0 Å². The van der Waals surface area contributed by atoms with Crippen molar-refractivity contribution >= 4 is 0 Å². The third kappa shape index (κ3) is 12.8. The van der Waals surface area contributed by atoms with Crippen molar-refractivity contribution in [1.29, 1.82) is 0 Å². The van der Waals surface area contributed by atoms with Crippen molar-refractivity contribution in [1.82, 2.24) is 0 Å². The summed E-state index contributed by atoms with van der Waals surface area (Å²) >= 11 is 0. The minimum Gasteiger partial charge on any atom is -0.0533 e. The molecule has 0 nitrogen and oxygen atoms in total. The second kappa shape index (κ2) is 14.4. The molecular formula is C19H36.